The SMILES string of the molecule is CCC(Cl)Cc1ncc([N+](=O)[O-])cc1Br. The lowest BCUT2D eigenvalue weighted by Crippen LogP contribution is -2.04. The Kier molecular flexibility index (Phi) is 4.47. The van der Waals surface area contributed by atoms with E-state index in [9.17, 15) is 10.1 Å². The van der Waals surface area contributed by atoms with E-state index in [1.165, 1.54) is 12.3 Å². The van der Waals surface area contributed by atoms with Crippen LogP contribution in [0.1, 0.15) is 19.0 Å². The molecule has 1 aromatic heterocycles. The van der Waals surface area contributed by atoms with Crippen LogP contribution in [-0.2, 0) is 6.42 Å². The zero-order valence-electron chi connectivity index (χ0n) is 8.11. The number of hydrogen-bond donors (Lipinski definition) is 0. The van der Waals surface area contributed by atoms with Gasteiger partial charge in [0.2, 0.25) is 0 Å². The van der Waals surface area contributed by atoms with Crippen LogP contribution in [0.5, 0.6) is 0 Å². The fourth-order valence-corrected chi connectivity index (χ4v) is 1.71. The van der Waals surface area contributed by atoms with E-state index in [2.05, 4.69) is 20.9 Å². The van der Waals surface area contributed by atoms with Crippen LogP contribution in [0, 0.1) is 10.1 Å². The molecule has 82 valence electrons. The molecule has 0 aliphatic heterocycles. The number of hydrogen-bond acceptors (Lipinski definition) is 3. The van der Waals surface area contributed by atoms with Crippen molar-refractivity contribution in [1.82, 2.24) is 4.98 Å². The van der Waals surface area contributed by atoms with Crippen LogP contribution in [0.4, 0.5) is 5.69 Å². The summed E-state index contributed by atoms with van der Waals surface area (Å²) < 4.78 is 0.635. The average molecular weight is 294 g/mol. The predicted molar refractivity (Wildman–Crippen MR) is 62.2 cm³/mol. The highest BCUT2D eigenvalue weighted by Gasteiger charge is 2.12. The monoisotopic (exact) mass is 292 g/mol. The summed E-state index contributed by atoms with van der Waals surface area (Å²) in [5.41, 5.74) is 0.732. The maximum atomic E-state index is 10.5. The topological polar surface area (TPSA) is 56.0 Å². The number of nitro groups is 1. The Balaban J connectivity index is 2.88. The van der Waals surface area contributed by atoms with E-state index in [-0.39, 0.29) is 11.1 Å². The third-order valence-corrected chi connectivity index (χ3v) is 3.12. The van der Waals surface area contributed by atoms with Gasteiger partial charge in [-0.05, 0) is 22.4 Å². The van der Waals surface area contributed by atoms with E-state index in [1.807, 2.05) is 6.92 Å². The molecule has 0 aliphatic rings. The number of rotatable bonds is 4. The lowest BCUT2D eigenvalue weighted by atomic mass is 10.2. The average Bonchev–Trinajstić information content (AvgIpc) is 2.20. The zero-order chi connectivity index (χ0) is 11.4. The summed E-state index contributed by atoms with van der Waals surface area (Å²) in [6, 6.07) is 1.45. The van der Waals surface area contributed by atoms with Gasteiger partial charge in [0.1, 0.15) is 6.20 Å². The summed E-state index contributed by atoms with van der Waals surface area (Å²) in [4.78, 5) is 14.0. The molecule has 1 unspecified atom stereocenters. The van der Waals surface area contributed by atoms with Gasteiger partial charge in [0.25, 0.3) is 5.69 Å². The lowest BCUT2D eigenvalue weighted by molar-refractivity contribution is -0.385. The van der Waals surface area contributed by atoms with Gasteiger partial charge in [-0.25, -0.2) is 0 Å². The van der Waals surface area contributed by atoms with Gasteiger partial charge < -0.3 is 0 Å². The highest BCUT2D eigenvalue weighted by atomic mass is 79.9. The Bertz CT molecular complexity index is 373. The molecular weight excluding hydrogens is 283 g/mol. The van der Waals surface area contributed by atoms with Crippen molar-refractivity contribution >= 4 is 33.2 Å². The zero-order valence-corrected chi connectivity index (χ0v) is 10.5. The third kappa shape index (κ3) is 3.43. The van der Waals surface area contributed by atoms with Crippen molar-refractivity contribution in [2.24, 2.45) is 0 Å². The Morgan fingerprint density at radius 3 is 2.87 bits per heavy atom. The van der Waals surface area contributed by atoms with E-state index in [4.69, 9.17) is 11.6 Å². The largest absolute Gasteiger partial charge is 0.288 e. The molecule has 0 fully saturated rings. The summed E-state index contributed by atoms with van der Waals surface area (Å²) in [6.07, 6.45) is 2.70. The van der Waals surface area contributed by atoms with E-state index >= 15 is 0 Å². The third-order valence-electron chi connectivity index (χ3n) is 1.97. The van der Waals surface area contributed by atoms with Crippen molar-refractivity contribution in [3.8, 4) is 0 Å². The number of aromatic nitrogens is 1. The molecule has 6 heteroatoms. The molecule has 0 bridgehead atoms. The maximum Gasteiger partial charge on any atom is 0.288 e. The van der Waals surface area contributed by atoms with Crippen molar-refractivity contribution in [2.75, 3.05) is 0 Å². The minimum absolute atomic E-state index is 0.00950. The van der Waals surface area contributed by atoms with Gasteiger partial charge in [-0.3, -0.25) is 15.1 Å². The van der Waals surface area contributed by atoms with Gasteiger partial charge in [-0.2, -0.15) is 0 Å². The van der Waals surface area contributed by atoms with E-state index in [1.54, 1.807) is 0 Å². The molecule has 0 amide bonds. The van der Waals surface area contributed by atoms with Crippen LogP contribution in [-0.4, -0.2) is 15.3 Å². The Hall–Kier alpha value is -0.680. The summed E-state index contributed by atoms with van der Waals surface area (Å²) in [5, 5.41) is 10.5. The molecule has 0 saturated carbocycles. The van der Waals surface area contributed by atoms with Gasteiger partial charge >= 0.3 is 0 Å². The van der Waals surface area contributed by atoms with Gasteiger partial charge in [-0.15, -0.1) is 11.6 Å². The molecule has 1 heterocycles. The van der Waals surface area contributed by atoms with Gasteiger partial charge in [0.05, 0.1) is 10.6 Å². The lowest BCUT2D eigenvalue weighted by Gasteiger charge is -2.06. The molecule has 0 aliphatic carbocycles. The van der Waals surface area contributed by atoms with E-state index < -0.39 is 4.92 Å². The molecule has 15 heavy (non-hydrogen) atoms. The van der Waals surface area contributed by atoms with Crippen LogP contribution < -0.4 is 0 Å². The first kappa shape index (κ1) is 12.4. The van der Waals surface area contributed by atoms with Crippen LogP contribution in [0.3, 0.4) is 0 Å². The highest BCUT2D eigenvalue weighted by Crippen LogP contribution is 2.23. The second-order valence-corrected chi connectivity index (χ2v) is 4.56. The first-order valence-electron chi connectivity index (χ1n) is 4.47. The molecule has 0 aromatic carbocycles. The number of pyridine rings is 1. The van der Waals surface area contributed by atoms with Crippen molar-refractivity contribution in [2.45, 2.75) is 25.1 Å². The summed E-state index contributed by atoms with van der Waals surface area (Å²) in [7, 11) is 0. The molecule has 0 N–H and O–H groups in total. The summed E-state index contributed by atoms with van der Waals surface area (Å²) >= 11 is 9.23. The van der Waals surface area contributed by atoms with Crippen molar-refractivity contribution in [3.05, 3.63) is 32.5 Å². The fraction of sp³-hybridized carbons (Fsp3) is 0.444. The first-order valence-corrected chi connectivity index (χ1v) is 5.70. The van der Waals surface area contributed by atoms with Crippen LogP contribution >= 0.6 is 27.5 Å². The minimum atomic E-state index is -0.473. The Morgan fingerprint density at radius 2 is 2.40 bits per heavy atom. The van der Waals surface area contributed by atoms with Crippen molar-refractivity contribution < 1.29 is 4.92 Å². The maximum absolute atomic E-state index is 10.5. The summed E-state index contributed by atoms with van der Waals surface area (Å²) in [5.74, 6) is 0. The molecule has 1 rings (SSSR count). The minimum Gasteiger partial charge on any atom is -0.258 e. The Morgan fingerprint density at radius 1 is 1.73 bits per heavy atom. The van der Waals surface area contributed by atoms with E-state index in [0.29, 0.717) is 10.9 Å². The molecule has 4 nitrogen and oxygen atoms in total. The predicted octanol–water partition coefficient (Wildman–Crippen LogP) is 3.31. The van der Waals surface area contributed by atoms with Crippen LogP contribution in [0.15, 0.2) is 16.7 Å². The standard InChI is InChI=1S/C9H10BrClN2O2/c1-2-6(11)3-9-8(10)4-7(5-12-9)13(14)15/h4-6H,2-3H2,1H3. The van der Waals surface area contributed by atoms with Crippen LogP contribution in [0.25, 0.3) is 0 Å². The molecular formula is C9H10BrClN2O2. The molecule has 0 radical (unpaired) electrons. The van der Waals surface area contributed by atoms with Gasteiger partial charge in [-0.1, -0.05) is 6.92 Å². The smallest absolute Gasteiger partial charge is 0.258 e. The number of halogens is 2. The highest BCUT2D eigenvalue weighted by molar-refractivity contribution is 9.10. The number of nitrogens with zero attached hydrogens (tertiary/aromatic N) is 2. The van der Waals surface area contributed by atoms with Crippen molar-refractivity contribution in [1.29, 1.82) is 0 Å². The second-order valence-electron chi connectivity index (χ2n) is 3.09. The molecule has 0 saturated heterocycles. The molecule has 1 atom stereocenters. The quantitative estimate of drug-likeness (QED) is 0.486. The fourth-order valence-electron chi connectivity index (χ4n) is 1.06. The first-order chi connectivity index (χ1) is 7.04. The van der Waals surface area contributed by atoms with Gasteiger partial charge in [0.15, 0.2) is 0 Å². The van der Waals surface area contributed by atoms with Crippen LogP contribution in [0.2, 0.25) is 0 Å². The van der Waals surface area contributed by atoms with Crippen molar-refractivity contribution in [3.63, 3.8) is 0 Å². The normalized spacial score (nSPS) is 12.5. The van der Waals surface area contributed by atoms with Gasteiger partial charge in [0, 0.05) is 22.3 Å². The molecule has 0 spiro atoms. The summed E-state index contributed by atoms with van der Waals surface area (Å²) in [6.45, 7) is 1.98. The van der Waals surface area contributed by atoms with E-state index in [0.717, 1.165) is 12.1 Å². The molecule has 1 aromatic rings. The number of alkyl halides is 1. The second kappa shape index (κ2) is 5.42. The Labute approximate surface area is 101 Å².